The highest BCUT2D eigenvalue weighted by Gasteiger charge is 2.02. The zero-order chi connectivity index (χ0) is 11.3. The van der Waals surface area contributed by atoms with Gasteiger partial charge in [-0.3, -0.25) is 4.68 Å². The molecule has 0 atom stereocenters. The molecule has 1 rings (SSSR count). The zero-order valence-electron chi connectivity index (χ0n) is 9.24. The predicted octanol–water partition coefficient (Wildman–Crippen LogP) is 2.18. The van der Waals surface area contributed by atoms with Crippen molar-refractivity contribution in [2.45, 2.75) is 26.8 Å². The normalized spacial score (nSPS) is 11.2. The minimum atomic E-state index is 0.374. The Bertz CT molecular complexity index is 279. The summed E-state index contributed by atoms with van der Waals surface area (Å²) >= 11 is 5.76. The predicted molar refractivity (Wildman–Crippen MR) is 61.9 cm³/mol. The second-order valence-corrected chi connectivity index (χ2v) is 4.33. The Labute approximate surface area is 95.3 Å². The van der Waals surface area contributed by atoms with E-state index in [1.807, 2.05) is 0 Å². The van der Waals surface area contributed by atoms with Gasteiger partial charge in [-0.15, -0.1) is 0 Å². The lowest BCUT2D eigenvalue weighted by molar-refractivity contribution is 0.114. The molecule has 2 N–H and O–H groups in total. The molecule has 0 saturated carbocycles. The van der Waals surface area contributed by atoms with E-state index < -0.39 is 0 Å². The average Bonchev–Trinajstić information content (AvgIpc) is 2.45. The number of anilines is 1. The summed E-state index contributed by atoms with van der Waals surface area (Å²) in [5.74, 6) is 1.05. The third-order valence-electron chi connectivity index (χ3n) is 2.05. The Balaban J connectivity index is 2.15. The molecule has 4 nitrogen and oxygen atoms in total. The topological polar surface area (TPSA) is 53.1 Å². The molecule has 0 unspecified atom stereocenters. The lowest BCUT2D eigenvalue weighted by Crippen LogP contribution is -2.08. The van der Waals surface area contributed by atoms with Crippen LogP contribution in [0.25, 0.3) is 0 Å². The first-order chi connectivity index (χ1) is 7.09. The largest absolute Gasteiger partial charge is 0.381 e. The van der Waals surface area contributed by atoms with Crippen molar-refractivity contribution in [3.63, 3.8) is 0 Å². The van der Waals surface area contributed by atoms with Gasteiger partial charge in [0.05, 0.1) is 13.2 Å². The number of ether oxygens (including phenoxy) is 1. The van der Waals surface area contributed by atoms with Crippen LogP contribution in [-0.2, 0) is 11.3 Å². The second-order valence-electron chi connectivity index (χ2n) is 3.92. The Morgan fingerprint density at radius 3 is 2.80 bits per heavy atom. The van der Waals surface area contributed by atoms with Crippen LogP contribution in [0.5, 0.6) is 0 Å². The Morgan fingerprint density at radius 1 is 1.53 bits per heavy atom. The summed E-state index contributed by atoms with van der Waals surface area (Å²) in [4.78, 5) is 0. The van der Waals surface area contributed by atoms with E-state index in [9.17, 15) is 0 Å². The highest BCUT2D eigenvalue weighted by molar-refractivity contribution is 6.32. The summed E-state index contributed by atoms with van der Waals surface area (Å²) in [5.41, 5.74) is 5.51. The number of nitrogen functional groups attached to an aromatic ring is 1. The molecule has 1 heterocycles. The SMILES string of the molecule is CC(C)CCOCCn1cc(Cl)c(N)n1. The molecule has 0 aliphatic heterocycles. The van der Waals surface area contributed by atoms with Crippen LogP contribution in [0.1, 0.15) is 20.3 Å². The quantitative estimate of drug-likeness (QED) is 0.764. The maximum absolute atomic E-state index is 5.76. The van der Waals surface area contributed by atoms with Gasteiger partial charge < -0.3 is 10.5 Å². The summed E-state index contributed by atoms with van der Waals surface area (Å²) in [7, 11) is 0. The number of nitrogens with two attached hydrogens (primary N) is 1. The van der Waals surface area contributed by atoms with E-state index in [1.54, 1.807) is 10.9 Å². The van der Waals surface area contributed by atoms with E-state index in [1.165, 1.54) is 0 Å². The smallest absolute Gasteiger partial charge is 0.164 e. The van der Waals surface area contributed by atoms with Gasteiger partial charge in [-0.05, 0) is 12.3 Å². The van der Waals surface area contributed by atoms with E-state index in [0.717, 1.165) is 13.0 Å². The number of rotatable bonds is 6. The number of hydrogen-bond acceptors (Lipinski definition) is 3. The number of nitrogens with zero attached hydrogens (tertiary/aromatic N) is 2. The first kappa shape index (κ1) is 12.3. The molecule has 0 amide bonds. The monoisotopic (exact) mass is 231 g/mol. The van der Waals surface area contributed by atoms with Crippen LogP contribution in [0.15, 0.2) is 6.20 Å². The van der Waals surface area contributed by atoms with E-state index >= 15 is 0 Å². The van der Waals surface area contributed by atoms with Crippen molar-refractivity contribution in [3.05, 3.63) is 11.2 Å². The van der Waals surface area contributed by atoms with Gasteiger partial charge in [0.1, 0.15) is 5.02 Å². The summed E-state index contributed by atoms with van der Waals surface area (Å²) in [6, 6.07) is 0. The Kier molecular flexibility index (Phi) is 4.91. The van der Waals surface area contributed by atoms with Crippen molar-refractivity contribution in [1.82, 2.24) is 9.78 Å². The van der Waals surface area contributed by atoms with Gasteiger partial charge in [0, 0.05) is 12.8 Å². The fraction of sp³-hybridized carbons (Fsp3) is 0.700. The van der Waals surface area contributed by atoms with Crippen molar-refractivity contribution >= 4 is 17.4 Å². The third kappa shape index (κ3) is 4.53. The van der Waals surface area contributed by atoms with Crippen molar-refractivity contribution in [1.29, 1.82) is 0 Å². The van der Waals surface area contributed by atoms with E-state index in [4.69, 9.17) is 22.1 Å². The standard InChI is InChI=1S/C10H18ClN3O/c1-8(2)3-5-15-6-4-14-7-9(11)10(12)13-14/h7-8H,3-6H2,1-2H3,(H2,12,13). The van der Waals surface area contributed by atoms with Crippen LogP contribution in [-0.4, -0.2) is 23.0 Å². The molecular weight excluding hydrogens is 214 g/mol. The molecule has 1 aromatic rings. The van der Waals surface area contributed by atoms with E-state index in [0.29, 0.717) is 29.9 Å². The molecular formula is C10H18ClN3O. The molecule has 0 spiro atoms. The van der Waals surface area contributed by atoms with Gasteiger partial charge in [-0.2, -0.15) is 5.10 Å². The van der Waals surface area contributed by atoms with Gasteiger partial charge in [0.2, 0.25) is 0 Å². The summed E-state index contributed by atoms with van der Waals surface area (Å²) in [5, 5.41) is 4.52. The molecule has 0 aliphatic rings. The number of aromatic nitrogens is 2. The molecule has 0 radical (unpaired) electrons. The Morgan fingerprint density at radius 2 is 2.27 bits per heavy atom. The minimum Gasteiger partial charge on any atom is -0.381 e. The molecule has 1 aromatic heterocycles. The summed E-state index contributed by atoms with van der Waals surface area (Å²) in [6.45, 7) is 6.48. The van der Waals surface area contributed by atoms with Crippen LogP contribution in [0.2, 0.25) is 5.02 Å². The summed E-state index contributed by atoms with van der Waals surface area (Å²) < 4.78 is 7.15. The molecule has 86 valence electrons. The van der Waals surface area contributed by atoms with Crippen molar-refractivity contribution in [2.75, 3.05) is 18.9 Å². The zero-order valence-corrected chi connectivity index (χ0v) is 10.00. The van der Waals surface area contributed by atoms with Gasteiger partial charge in [0.25, 0.3) is 0 Å². The minimum absolute atomic E-state index is 0.374. The van der Waals surface area contributed by atoms with Crippen LogP contribution in [0.3, 0.4) is 0 Å². The number of hydrogen-bond donors (Lipinski definition) is 1. The maximum Gasteiger partial charge on any atom is 0.164 e. The fourth-order valence-electron chi connectivity index (χ4n) is 1.11. The van der Waals surface area contributed by atoms with Crippen molar-refractivity contribution in [3.8, 4) is 0 Å². The lowest BCUT2D eigenvalue weighted by atomic mass is 10.1. The average molecular weight is 232 g/mol. The molecule has 5 heteroatoms. The molecule has 0 bridgehead atoms. The first-order valence-electron chi connectivity index (χ1n) is 5.15. The first-order valence-corrected chi connectivity index (χ1v) is 5.53. The lowest BCUT2D eigenvalue weighted by Gasteiger charge is -2.06. The van der Waals surface area contributed by atoms with Crippen LogP contribution >= 0.6 is 11.6 Å². The fourth-order valence-corrected chi connectivity index (χ4v) is 1.26. The highest BCUT2D eigenvalue weighted by Crippen LogP contribution is 2.14. The van der Waals surface area contributed by atoms with Gasteiger partial charge in [-0.25, -0.2) is 0 Å². The molecule has 15 heavy (non-hydrogen) atoms. The van der Waals surface area contributed by atoms with Gasteiger partial charge in [-0.1, -0.05) is 25.4 Å². The van der Waals surface area contributed by atoms with Crippen molar-refractivity contribution in [2.24, 2.45) is 5.92 Å². The van der Waals surface area contributed by atoms with E-state index in [-0.39, 0.29) is 0 Å². The van der Waals surface area contributed by atoms with Gasteiger partial charge in [0.15, 0.2) is 5.82 Å². The summed E-state index contributed by atoms with van der Waals surface area (Å²) in [6.07, 6.45) is 2.80. The van der Waals surface area contributed by atoms with Gasteiger partial charge >= 0.3 is 0 Å². The third-order valence-corrected chi connectivity index (χ3v) is 2.34. The van der Waals surface area contributed by atoms with Crippen LogP contribution < -0.4 is 5.73 Å². The number of halogens is 1. The second kappa shape index (κ2) is 5.98. The van der Waals surface area contributed by atoms with Crippen molar-refractivity contribution < 1.29 is 4.74 Å². The molecule has 0 fully saturated rings. The maximum atomic E-state index is 5.76. The van der Waals surface area contributed by atoms with E-state index in [2.05, 4.69) is 18.9 Å². The van der Waals surface area contributed by atoms with Crippen LogP contribution in [0, 0.1) is 5.92 Å². The highest BCUT2D eigenvalue weighted by atomic mass is 35.5. The van der Waals surface area contributed by atoms with Crippen LogP contribution in [0.4, 0.5) is 5.82 Å². The molecule has 0 aliphatic carbocycles. The molecule has 0 saturated heterocycles. The Hall–Kier alpha value is -0.740. The molecule has 0 aromatic carbocycles.